The van der Waals surface area contributed by atoms with Crippen molar-refractivity contribution < 1.29 is 16.7 Å². The van der Waals surface area contributed by atoms with E-state index < -0.39 is 21.8 Å². The highest BCUT2D eigenvalue weighted by molar-refractivity contribution is 7.85. The SMILES string of the molecule is Cc1cc(F)ccc1CS(=O)(=O)F. The summed E-state index contributed by atoms with van der Waals surface area (Å²) >= 11 is 0. The summed E-state index contributed by atoms with van der Waals surface area (Å²) in [6, 6.07) is 3.54. The van der Waals surface area contributed by atoms with Crippen LogP contribution in [0.1, 0.15) is 11.1 Å². The topological polar surface area (TPSA) is 34.1 Å². The average molecular weight is 206 g/mol. The van der Waals surface area contributed by atoms with Gasteiger partial charge in [-0.05, 0) is 30.2 Å². The van der Waals surface area contributed by atoms with Crippen LogP contribution in [0.5, 0.6) is 0 Å². The maximum absolute atomic E-state index is 12.5. The first-order valence-corrected chi connectivity index (χ1v) is 5.11. The number of halogens is 2. The lowest BCUT2D eigenvalue weighted by atomic mass is 10.1. The molecule has 0 bridgehead atoms. The van der Waals surface area contributed by atoms with Gasteiger partial charge < -0.3 is 0 Å². The lowest BCUT2D eigenvalue weighted by molar-refractivity contribution is 0.550. The maximum atomic E-state index is 12.5. The van der Waals surface area contributed by atoms with E-state index in [1.165, 1.54) is 19.1 Å². The predicted octanol–water partition coefficient (Wildman–Crippen LogP) is 1.93. The molecule has 2 nitrogen and oxygen atoms in total. The van der Waals surface area contributed by atoms with Crippen molar-refractivity contribution in [2.24, 2.45) is 0 Å². The molecule has 0 N–H and O–H groups in total. The molecular weight excluding hydrogens is 198 g/mol. The Labute approximate surface area is 75.4 Å². The first-order valence-electron chi connectivity index (χ1n) is 3.56. The quantitative estimate of drug-likeness (QED) is 0.693. The summed E-state index contributed by atoms with van der Waals surface area (Å²) < 4.78 is 45.3. The van der Waals surface area contributed by atoms with E-state index in [-0.39, 0.29) is 5.56 Å². The van der Waals surface area contributed by atoms with Crippen molar-refractivity contribution in [2.75, 3.05) is 0 Å². The van der Waals surface area contributed by atoms with Crippen LogP contribution in [0.25, 0.3) is 0 Å². The van der Waals surface area contributed by atoms with Gasteiger partial charge in [-0.15, -0.1) is 3.89 Å². The maximum Gasteiger partial charge on any atom is 0.306 e. The van der Waals surface area contributed by atoms with Crippen LogP contribution in [-0.4, -0.2) is 8.42 Å². The lowest BCUT2D eigenvalue weighted by Crippen LogP contribution is -1.98. The van der Waals surface area contributed by atoms with Gasteiger partial charge in [0.05, 0.1) is 0 Å². The van der Waals surface area contributed by atoms with Crippen LogP contribution in [0, 0.1) is 12.7 Å². The van der Waals surface area contributed by atoms with Crippen LogP contribution in [0.15, 0.2) is 18.2 Å². The van der Waals surface area contributed by atoms with Crippen LogP contribution in [-0.2, 0) is 16.0 Å². The molecule has 0 saturated heterocycles. The minimum atomic E-state index is -4.53. The van der Waals surface area contributed by atoms with Gasteiger partial charge in [0.15, 0.2) is 0 Å². The Morgan fingerprint density at radius 2 is 2.00 bits per heavy atom. The van der Waals surface area contributed by atoms with Crippen molar-refractivity contribution in [3.05, 3.63) is 35.1 Å². The molecule has 0 aliphatic rings. The minimum absolute atomic E-state index is 0.281. The monoisotopic (exact) mass is 206 g/mol. The Bertz CT molecular complexity index is 412. The first-order chi connectivity index (χ1) is 5.88. The van der Waals surface area contributed by atoms with Gasteiger partial charge in [0, 0.05) is 0 Å². The molecule has 0 spiro atoms. The summed E-state index contributed by atoms with van der Waals surface area (Å²) in [6.07, 6.45) is 0. The van der Waals surface area contributed by atoms with Gasteiger partial charge in [0.1, 0.15) is 11.6 Å². The number of benzene rings is 1. The average Bonchev–Trinajstić information content (AvgIpc) is 1.93. The van der Waals surface area contributed by atoms with Crippen molar-refractivity contribution in [1.82, 2.24) is 0 Å². The van der Waals surface area contributed by atoms with Gasteiger partial charge in [-0.2, -0.15) is 8.42 Å². The van der Waals surface area contributed by atoms with Crippen LogP contribution in [0.2, 0.25) is 0 Å². The molecule has 0 atom stereocenters. The molecule has 1 rings (SSSR count). The van der Waals surface area contributed by atoms with Crippen molar-refractivity contribution in [2.45, 2.75) is 12.7 Å². The Morgan fingerprint density at radius 1 is 1.38 bits per heavy atom. The Kier molecular flexibility index (Phi) is 2.66. The largest absolute Gasteiger partial charge is 0.306 e. The molecule has 0 aliphatic carbocycles. The van der Waals surface area contributed by atoms with Crippen molar-refractivity contribution >= 4 is 10.2 Å². The van der Waals surface area contributed by atoms with E-state index in [1.54, 1.807) is 0 Å². The molecule has 0 heterocycles. The molecule has 72 valence electrons. The minimum Gasteiger partial charge on any atom is -0.207 e. The fraction of sp³-hybridized carbons (Fsp3) is 0.250. The van der Waals surface area contributed by atoms with Gasteiger partial charge in [-0.1, -0.05) is 6.07 Å². The summed E-state index contributed by atoms with van der Waals surface area (Å²) in [5.74, 6) is -1.16. The highest BCUT2D eigenvalue weighted by atomic mass is 32.3. The Hall–Kier alpha value is -0.970. The molecule has 1 aromatic carbocycles. The molecule has 0 radical (unpaired) electrons. The normalized spacial score (nSPS) is 11.6. The second-order valence-corrected chi connectivity index (χ2v) is 4.12. The van der Waals surface area contributed by atoms with Gasteiger partial charge in [-0.3, -0.25) is 0 Å². The van der Waals surface area contributed by atoms with E-state index in [4.69, 9.17) is 0 Å². The first kappa shape index (κ1) is 10.1. The van der Waals surface area contributed by atoms with E-state index in [1.807, 2.05) is 0 Å². The van der Waals surface area contributed by atoms with Gasteiger partial charge in [-0.25, -0.2) is 4.39 Å². The molecule has 13 heavy (non-hydrogen) atoms. The van der Waals surface area contributed by atoms with E-state index in [9.17, 15) is 16.7 Å². The Balaban J connectivity index is 3.04. The van der Waals surface area contributed by atoms with Gasteiger partial charge >= 0.3 is 10.2 Å². The third-order valence-electron chi connectivity index (χ3n) is 1.63. The van der Waals surface area contributed by atoms with Crippen LogP contribution in [0.3, 0.4) is 0 Å². The smallest absolute Gasteiger partial charge is 0.207 e. The van der Waals surface area contributed by atoms with E-state index in [2.05, 4.69) is 0 Å². The molecule has 0 saturated carbocycles. The highest BCUT2D eigenvalue weighted by Gasteiger charge is 2.10. The number of hydrogen-bond acceptors (Lipinski definition) is 2. The summed E-state index contributed by atoms with van der Waals surface area (Å²) in [5, 5.41) is 0. The van der Waals surface area contributed by atoms with Crippen LogP contribution < -0.4 is 0 Å². The third-order valence-corrected chi connectivity index (χ3v) is 2.29. The van der Waals surface area contributed by atoms with Gasteiger partial charge in [0.25, 0.3) is 0 Å². The van der Waals surface area contributed by atoms with Crippen LogP contribution >= 0.6 is 0 Å². The van der Waals surface area contributed by atoms with E-state index >= 15 is 0 Å². The second-order valence-electron chi connectivity index (χ2n) is 2.75. The molecular formula is C8H8F2O2S. The Morgan fingerprint density at radius 3 is 2.46 bits per heavy atom. The standard InChI is InChI=1S/C8H8F2O2S/c1-6-4-8(9)3-2-7(6)5-13(10,11)12/h2-4H,5H2,1H3. The molecule has 1 aromatic rings. The predicted molar refractivity (Wildman–Crippen MR) is 44.9 cm³/mol. The fourth-order valence-electron chi connectivity index (χ4n) is 1.01. The molecule has 0 fully saturated rings. The number of aryl methyl sites for hydroxylation is 1. The molecule has 0 unspecified atom stereocenters. The van der Waals surface area contributed by atoms with E-state index in [0.29, 0.717) is 5.56 Å². The molecule has 0 amide bonds. The third kappa shape index (κ3) is 3.10. The van der Waals surface area contributed by atoms with Crippen molar-refractivity contribution in [1.29, 1.82) is 0 Å². The highest BCUT2D eigenvalue weighted by Crippen LogP contribution is 2.13. The molecule has 0 aromatic heterocycles. The summed E-state index contributed by atoms with van der Waals surface area (Å²) in [5.41, 5.74) is 0.713. The number of hydrogen-bond donors (Lipinski definition) is 0. The molecule has 0 aliphatic heterocycles. The lowest BCUT2D eigenvalue weighted by Gasteiger charge is -2.01. The summed E-state index contributed by atoms with van der Waals surface area (Å²) in [7, 11) is -4.53. The zero-order valence-corrected chi connectivity index (χ0v) is 7.74. The summed E-state index contributed by atoms with van der Waals surface area (Å²) in [6.45, 7) is 1.53. The van der Waals surface area contributed by atoms with Crippen LogP contribution in [0.4, 0.5) is 8.28 Å². The fourth-order valence-corrected chi connectivity index (χ4v) is 1.70. The molecule has 5 heteroatoms. The van der Waals surface area contributed by atoms with Crippen molar-refractivity contribution in [3.63, 3.8) is 0 Å². The van der Waals surface area contributed by atoms with Gasteiger partial charge in [0.2, 0.25) is 0 Å². The second kappa shape index (κ2) is 3.41. The van der Waals surface area contributed by atoms with E-state index in [0.717, 1.165) is 6.07 Å². The summed E-state index contributed by atoms with van der Waals surface area (Å²) in [4.78, 5) is 0. The number of rotatable bonds is 2. The zero-order valence-electron chi connectivity index (χ0n) is 6.92. The zero-order chi connectivity index (χ0) is 10.1. The van der Waals surface area contributed by atoms with Crippen molar-refractivity contribution in [3.8, 4) is 0 Å².